The van der Waals surface area contributed by atoms with Crippen molar-refractivity contribution in [1.29, 1.82) is 0 Å². The average Bonchev–Trinajstić information content (AvgIpc) is 2.83. The molecule has 0 atom stereocenters. The molecular weight excluding hydrogens is 254 g/mol. The van der Waals surface area contributed by atoms with Crippen molar-refractivity contribution >= 4 is 23.2 Å². The van der Waals surface area contributed by atoms with Gasteiger partial charge in [-0.05, 0) is 13.3 Å². The number of ether oxygens (including phenoxy) is 2. The highest BCUT2D eigenvalue weighted by Gasteiger charge is 2.09. The maximum atomic E-state index is 11.7. The van der Waals surface area contributed by atoms with Gasteiger partial charge in [0, 0.05) is 24.4 Å². The molecule has 0 fully saturated rings. The number of hydrogen-bond acceptors (Lipinski definition) is 5. The van der Waals surface area contributed by atoms with E-state index in [0.29, 0.717) is 36.6 Å². The lowest BCUT2D eigenvalue weighted by Gasteiger charge is -2.03. The maximum Gasteiger partial charge on any atom is 0.305 e. The third kappa shape index (κ3) is 4.75. The third-order valence-corrected chi connectivity index (χ3v) is 3.09. The fourth-order valence-corrected chi connectivity index (χ4v) is 2.07. The zero-order valence-corrected chi connectivity index (χ0v) is 11.3. The van der Waals surface area contributed by atoms with E-state index in [0.717, 1.165) is 0 Å². The van der Waals surface area contributed by atoms with E-state index in [1.165, 1.54) is 11.3 Å². The van der Waals surface area contributed by atoms with Gasteiger partial charge >= 0.3 is 5.97 Å². The van der Waals surface area contributed by atoms with Crippen LogP contribution in [0.1, 0.15) is 29.4 Å². The van der Waals surface area contributed by atoms with Gasteiger partial charge in [0.1, 0.15) is 5.75 Å². The summed E-state index contributed by atoms with van der Waals surface area (Å²) in [5, 5.41) is 4.51. The summed E-state index contributed by atoms with van der Waals surface area (Å²) in [4.78, 5) is 23.3. The molecule has 0 aliphatic heterocycles. The Balaban J connectivity index is 2.23. The van der Waals surface area contributed by atoms with Crippen LogP contribution in [0.25, 0.3) is 0 Å². The van der Waals surface area contributed by atoms with Crippen molar-refractivity contribution in [1.82, 2.24) is 5.32 Å². The molecule has 0 radical (unpaired) electrons. The lowest BCUT2D eigenvalue weighted by Crippen LogP contribution is -2.24. The molecule has 1 heterocycles. The number of nitrogens with one attached hydrogen (secondary N) is 1. The first-order chi connectivity index (χ1) is 8.67. The summed E-state index contributed by atoms with van der Waals surface area (Å²) in [6.07, 6.45) is 0.898. The van der Waals surface area contributed by atoms with Gasteiger partial charge in [0.25, 0.3) is 5.91 Å². The van der Waals surface area contributed by atoms with E-state index in [-0.39, 0.29) is 11.9 Å². The van der Waals surface area contributed by atoms with Gasteiger partial charge < -0.3 is 14.8 Å². The van der Waals surface area contributed by atoms with E-state index in [1.54, 1.807) is 25.5 Å². The zero-order chi connectivity index (χ0) is 13.4. The minimum absolute atomic E-state index is 0.146. The first kappa shape index (κ1) is 14.5. The molecule has 1 amide bonds. The van der Waals surface area contributed by atoms with Crippen LogP contribution in [0.4, 0.5) is 0 Å². The normalized spacial score (nSPS) is 9.89. The summed E-state index contributed by atoms with van der Waals surface area (Å²) in [6.45, 7) is 2.61. The molecule has 1 aromatic rings. The number of methoxy groups -OCH3 is 1. The number of esters is 1. The van der Waals surface area contributed by atoms with Crippen LogP contribution in [-0.2, 0) is 9.53 Å². The number of carbonyl (C=O) groups excluding carboxylic acids is 2. The Hall–Kier alpha value is -1.56. The van der Waals surface area contributed by atoms with Gasteiger partial charge in [0.15, 0.2) is 0 Å². The quantitative estimate of drug-likeness (QED) is 0.607. The van der Waals surface area contributed by atoms with Crippen molar-refractivity contribution in [2.45, 2.75) is 19.8 Å². The number of rotatable bonds is 7. The van der Waals surface area contributed by atoms with E-state index in [9.17, 15) is 9.59 Å². The van der Waals surface area contributed by atoms with Crippen molar-refractivity contribution in [3.63, 3.8) is 0 Å². The first-order valence-corrected chi connectivity index (χ1v) is 6.61. The second kappa shape index (κ2) is 7.71. The molecule has 0 aliphatic carbocycles. The molecule has 0 spiro atoms. The molecule has 1 rings (SSSR count). The highest BCUT2D eigenvalue weighted by Crippen LogP contribution is 2.20. The predicted molar refractivity (Wildman–Crippen MR) is 69.1 cm³/mol. The van der Waals surface area contributed by atoms with Crippen LogP contribution >= 0.6 is 11.3 Å². The van der Waals surface area contributed by atoms with Crippen molar-refractivity contribution in [3.05, 3.63) is 16.3 Å². The first-order valence-electron chi connectivity index (χ1n) is 5.73. The molecular formula is C12H17NO4S. The summed E-state index contributed by atoms with van der Waals surface area (Å²) < 4.78 is 9.78. The van der Waals surface area contributed by atoms with E-state index in [1.807, 2.05) is 0 Å². The molecule has 0 saturated carbocycles. The van der Waals surface area contributed by atoms with Crippen LogP contribution in [0.5, 0.6) is 5.75 Å². The molecule has 5 nitrogen and oxygen atoms in total. The Bertz CT molecular complexity index is 403. The van der Waals surface area contributed by atoms with Gasteiger partial charge in [-0.2, -0.15) is 0 Å². The zero-order valence-electron chi connectivity index (χ0n) is 10.5. The summed E-state index contributed by atoms with van der Waals surface area (Å²) in [7, 11) is 1.56. The molecule has 0 aromatic carbocycles. The Morgan fingerprint density at radius 2 is 2.22 bits per heavy atom. The molecule has 18 heavy (non-hydrogen) atoms. The van der Waals surface area contributed by atoms with Gasteiger partial charge in [0.05, 0.1) is 18.6 Å². The van der Waals surface area contributed by atoms with Crippen molar-refractivity contribution in [2.24, 2.45) is 0 Å². The minimum atomic E-state index is -0.232. The van der Waals surface area contributed by atoms with Crippen LogP contribution in [0.3, 0.4) is 0 Å². The van der Waals surface area contributed by atoms with Gasteiger partial charge in [0.2, 0.25) is 0 Å². The van der Waals surface area contributed by atoms with E-state index < -0.39 is 0 Å². The Kier molecular flexibility index (Phi) is 6.21. The fraction of sp³-hybridized carbons (Fsp3) is 0.500. The van der Waals surface area contributed by atoms with Crippen LogP contribution in [0, 0.1) is 0 Å². The average molecular weight is 271 g/mol. The second-order valence-electron chi connectivity index (χ2n) is 3.52. The highest BCUT2D eigenvalue weighted by atomic mass is 32.1. The molecule has 0 bridgehead atoms. The number of carbonyl (C=O) groups is 2. The van der Waals surface area contributed by atoms with E-state index >= 15 is 0 Å². The number of thiophene rings is 1. The fourth-order valence-electron chi connectivity index (χ4n) is 1.30. The minimum Gasteiger partial charge on any atom is -0.496 e. The third-order valence-electron chi connectivity index (χ3n) is 2.18. The molecule has 0 unspecified atom stereocenters. The molecule has 1 aromatic heterocycles. The Morgan fingerprint density at radius 1 is 1.44 bits per heavy atom. The topological polar surface area (TPSA) is 64.6 Å². The summed E-state index contributed by atoms with van der Waals surface area (Å²) in [5.41, 5.74) is 0. The smallest absolute Gasteiger partial charge is 0.305 e. The lowest BCUT2D eigenvalue weighted by molar-refractivity contribution is -0.143. The standard InChI is InChI=1S/C12H17NO4S/c1-3-17-11(14)5-4-6-13-12(15)10-7-9(16-2)8-18-10/h7-8H,3-6H2,1-2H3,(H,13,15). The predicted octanol–water partition coefficient (Wildman–Crippen LogP) is 1.83. The maximum absolute atomic E-state index is 11.7. The molecule has 1 N–H and O–H groups in total. The van der Waals surface area contributed by atoms with Gasteiger partial charge in [-0.25, -0.2) is 0 Å². The van der Waals surface area contributed by atoms with Crippen molar-refractivity contribution < 1.29 is 19.1 Å². The Labute approximate surface area is 110 Å². The number of hydrogen-bond donors (Lipinski definition) is 1. The highest BCUT2D eigenvalue weighted by molar-refractivity contribution is 7.12. The monoisotopic (exact) mass is 271 g/mol. The number of amides is 1. The largest absolute Gasteiger partial charge is 0.496 e. The molecule has 100 valence electrons. The molecule has 0 saturated heterocycles. The molecule has 0 aliphatic rings. The lowest BCUT2D eigenvalue weighted by atomic mass is 10.3. The van der Waals surface area contributed by atoms with E-state index in [4.69, 9.17) is 9.47 Å². The van der Waals surface area contributed by atoms with Crippen LogP contribution in [-0.4, -0.2) is 32.1 Å². The summed E-state index contributed by atoms with van der Waals surface area (Å²) in [6, 6.07) is 1.69. The summed E-state index contributed by atoms with van der Waals surface area (Å²) in [5.74, 6) is 0.299. The van der Waals surface area contributed by atoms with Crippen LogP contribution in [0.15, 0.2) is 11.4 Å². The molecule has 6 heteroatoms. The van der Waals surface area contributed by atoms with E-state index in [2.05, 4.69) is 5.32 Å². The second-order valence-corrected chi connectivity index (χ2v) is 4.43. The van der Waals surface area contributed by atoms with Crippen LogP contribution in [0.2, 0.25) is 0 Å². The Morgan fingerprint density at radius 3 is 2.83 bits per heavy atom. The van der Waals surface area contributed by atoms with Crippen LogP contribution < -0.4 is 10.1 Å². The van der Waals surface area contributed by atoms with Gasteiger partial charge in [-0.3, -0.25) is 9.59 Å². The SMILES string of the molecule is CCOC(=O)CCCNC(=O)c1cc(OC)cs1. The van der Waals surface area contributed by atoms with Gasteiger partial charge in [-0.1, -0.05) is 0 Å². The summed E-state index contributed by atoms with van der Waals surface area (Å²) >= 11 is 1.33. The van der Waals surface area contributed by atoms with Crippen molar-refractivity contribution in [3.8, 4) is 5.75 Å². The van der Waals surface area contributed by atoms with Crippen molar-refractivity contribution in [2.75, 3.05) is 20.3 Å². The van der Waals surface area contributed by atoms with Gasteiger partial charge in [-0.15, -0.1) is 11.3 Å².